The van der Waals surface area contributed by atoms with Gasteiger partial charge in [0.25, 0.3) is 5.91 Å². The summed E-state index contributed by atoms with van der Waals surface area (Å²) in [4.78, 5) is 44.5. The summed E-state index contributed by atoms with van der Waals surface area (Å²) in [5.74, 6) is -8.63. The first-order chi connectivity index (χ1) is 27.4. The maximum absolute atomic E-state index is 14.9. The minimum atomic E-state index is -5.08. The molecule has 11 nitrogen and oxygen atoms in total. The third kappa shape index (κ3) is 18.9. The number of hydrogen-bond acceptors (Lipinski definition) is 7. The first-order valence-corrected chi connectivity index (χ1v) is 17.7. The summed E-state index contributed by atoms with van der Waals surface area (Å²) in [6.07, 6.45) is -11.4. The zero-order chi connectivity index (χ0) is 44.6. The lowest BCUT2D eigenvalue weighted by molar-refractivity contribution is -0.193. The third-order valence-corrected chi connectivity index (χ3v) is 8.35. The van der Waals surface area contributed by atoms with E-state index in [1.807, 2.05) is 36.4 Å². The first kappa shape index (κ1) is 49.9. The molecule has 1 amide bonds. The Balaban J connectivity index is 0.000000469. The van der Waals surface area contributed by atoms with Gasteiger partial charge in [0.15, 0.2) is 0 Å². The number of likely N-dealkylation sites (tertiary alicyclic amines) is 1. The smallest absolute Gasteiger partial charge is 0.475 e. The highest BCUT2D eigenvalue weighted by atomic mass is 19.4. The van der Waals surface area contributed by atoms with E-state index in [-0.39, 0.29) is 11.7 Å². The second kappa shape index (κ2) is 22.8. The van der Waals surface area contributed by atoms with Crippen LogP contribution < -0.4 is 10.6 Å². The highest BCUT2D eigenvalue weighted by molar-refractivity contribution is 5.94. The molecule has 2 aliphatic rings. The molecule has 2 fully saturated rings. The fraction of sp³-hybridized carbons (Fsp3) is 0.421. The topological polar surface area (TPSA) is 160 Å². The molecule has 0 bridgehead atoms. The Morgan fingerprint density at radius 2 is 1.19 bits per heavy atom. The predicted octanol–water partition coefficient (Wildman–Crippen LogP) is 7.10. The lowest BCUT2D eigenvalue weighted by atomic mass is 10.00. The van der Waals surface area contributed by atoms with Gasteiger partial charge in [0.2, 0.25) is 0 Å². The molecule has 21 heteroatoms. The van der Waals surface area contributed by atoms with Crippen molar-refractivity contribution in [3.05, 3.63) is 94.8 Å². The number of rotatable bonds is 8. The molecule has 5 rings (SSSR count). The molecule has 2 heterocycles. The van der Waals surface area contributed by atoms with E-state index in [1.165, 1.54) is 36.5 Å². The predicted molar refractivity (Wildman–Crippen MR) is 192 cm³/mol. The van der Waals surface area contributed by atoms with Gasteiger partial charge in [-0.1, -0.05) is 42.8 Å². The Morgan fingerprint density at radius 3 is 1.71 bits per heavy atom. The number of hydrogen-bond donors (Lipinski definition) is 5. The number of aliphatic carboxylic acids is 3. The molecule has 3 aromatic rings. The number of carboxylic acids is 3. The highest BCUT2D eigenvalue weighted by Crippen LogP contribution is 2.26. The van der Waals surface area contributed by atoms with E-state index in [2.05, 4.69) is 45.6 Å². The van der Waals surface area contributed by atoms with Crippen LogP contribution in [0.25, 0.3) is 11.1 Å². The summed E-state index contributed by atoms with van der Waals surface area (Å²) in [6, 6.07) is 21.6. The van der Waals surface area contributed by atoms with E-state index in [1.54, 1.807) is 6.07 Å². The van der Waals surface area contributed by atoms with Gasteiger partial charge in [-0.2, -0.15) is 39.5 Å². The number of nitrogens with one attached hydrogen (secondary N) is 2. The van der Waals surface area contributed by atoms with E-state index in [9.17, 15) is 48.7 Å². The standard InChI is InChI=1S/C32H39FN4O.3C2HF3O2/c1-24-21-37(16-13-34-24)23-26-7-5-9-28(17-26)30-19-25(11-12-31(30)33)20-35-32(38)29-10-6-8-27(18-29)22-36-14-3-2-4-15-36;3*3-2(4,5)1(6)7/h5-12,17-19,24,34H,2-4,13-16,20-23H2,1H3,(H,35,38);3*(H,6,7)/t24-;;;/m0.../s1. The molecule has 1 atom stereocenters. The van der Waals surface area contributed by atoms with Gasteiger partial charge >= 0.3 is 36.4 Å². The summed E-state index contributed by atoms with van der Waals surface area (Å²) in [5.41, 5.74) is 5.31. The average molecular weight is 857 g/mol. The van der Waals surface area contributed by atoms with Gasteiger partial charge in [0.1, 0.15) is 5.82 Å². The second-order valence-electron chi connectivity index (χ2n) is 13.2. The van der Waals surface area contributed by atoms with Gasteiger partial charge in [-0.25, -0.2) is 18.8 Å². The van der Waals surface area contributed by atoms with E-state index in [0.717, 1.165) is 56.9 Å². The number of carbonyl (C=O) groups is 4. The number of nitrogens with zero attached hydrogens (tertiary/aromatic N) is 2. The van der Waals surface area contributed by atoms with Crippen LogP contribution >= 0.6 is 0 Å². The second-order valence-corrected chi connectivity index (χ2v) is 13.2. The normalized spacial score (nSPS) is 16.2. The Bertz CT molecular complexity index is 1790. The van der Waals surface area contributed by atoms with Crippen LogP contribution in [0.2, 0.25) is 0 Å². The van der Waals surface area contributed by atoms with Crippen LogP contribution in [0.4, 0.5) is 43.9 Å². The van der Waals surface area contributed by atoms with Crippen molar-refractivity contribution in [3.8, 4) is 11.1 Å². The molecule has 0 aliphatic carbocycles. The molecule has 59 heavy (non-hydrogen) atoms. The van der Waals surface area contributed by atoms with Crippen LogP contribution in [0.1, 0.15) is 53.2 Å². The lowest BCUT2D eigenvalue weighted by Crippen LogP contribution is -2.48. The number of piperidine rings is 1. The van der Waals surface area contributed by atoms with E-state index in [4.69, 9.17) is 29.7 Å². The van der Waals surface area contributed by atoms with E-state index >= 15 is 0 Å². The third-order valence-electron chi connectivity index (χ3n) is 8.35. The quantitative estimate of drug-likeness (QED) is 0.148. The minimum absolute atomic E-state index is 0.108. The molecule has 3 aromatic carbocycles. The molecular weight excluding hydrogens is 814 g/mol. The van der Waals surface area contributed by atoms with Gasteiger partial charge in [0.05, 0.1) is 0 Å². The number of carboxylic acid groups (broad SMARTS) is 3. The maximum atomic E-state index is 14.9. The maximum Gasteiger partial charge on any atom is 0.490 e. The molecule has 2 aliphatic heterocycles. The van der Waals surface area contributed by atoms with Gasteiger partial charge in [0, 0.05) is 56.4 Å². The average Bonchev–Trinajstić information content (AvgIpc) is 3.14. The van der Waals surface area contributed by atoms with Crippen LogP contribution in [-0.2, 0) is 34.0 Å². The molecular formula is C38H42F10N4O7. The molecule has 2 saturated heterocycles. The van der Waals surface area contributed by atoms with Crippen LogP contribution in [-0.4, -0.2) is 106 Å². The van der Waals surface area contributed by atoms with Gasteiger partial charge in [-0.3, -0.25) is 14.6 Å². The molecule has 5 N–H and O–H groups in total. The number of alkyl halides is 9. The minimum Gasteiger partial charge on any atom is -0.475 e. The van der Waals surface area contributed by atoms with E-state index in [0.29, 0.717) is 23.7 Å². The number of halogens is 10. The van der Waals surface area contributed by atoms with Crippen LogP contribution in [0.5, 0.6) is 0 Å². The molecule has 0 radical (unpaired) electrons. The van der Waals surface area contributed by atoms with E-state index < -0.39 is 36.4 Å². The van der Waals surface area contributed by atoms with Crippen molar-refractivity contribution in [3.63, 3.8) is 0 Å². The summed E-state index contributed by atoms with van der Waals surface area (Å²) < 4.78 is 110. The Kier molecular flexibility index (Phi) is 19.2. The zero-order valence-electron chi connectivity index (χ0n) is 31.4. The van der Waals surface area contributed by atoms with Crippen molar-refractivity contribution in [2.45, 2.75) is 70.4 Å². The fourth-order valence-corrected chi connectivity index (χ4v) is 5.63. The summed E-state index contributed by atoms with van der Waals surface area (Å²) in [7, 11) is 0. The molecule has 0 unspecified atom stereocenters. The fourth-order valence-electron chi connectivity index (χ4n) is 5.63. The van der Waals surface area contributed by atoms with Gasteiger partial charge in [-0.05, 0) is 85.4 Å². The lowest BCUT2D eigenvalue weighted by Gasteiger charge is -2.31. The number of amides is 1. The highest BCUT2D eigenvalue weighted by Gasteiger charge is 2.39. The van der Waals surface area contributed by atoms with Crippen LogP contribution in [0.15, 0.2) is 66.7 Å². The number of piperazine rings is 1. The Morgan fingerprint density at radius 1 is 0.678 bits per heavy atom. The molecule has 326 valence electrons. The summed E-state index contributed by atoms with van der Waals surface area (Å²) in [6.45, 7) is 9.56. The monoisotopic (exact) mass is 856 g/mol. The van der Waals surface area contributed by atoms with Gasteiger partial charge < -0.3 is 26.0 Å². The first-order valence-electron chi connectivity index (χ1n) is 17.7. The Hall–Kier alpha value is -5.28. The summed E-state index contributed by atoms with van der Waals surface area (Å²) in [5, 5.41) is 27.9. The van der Waals surface area contributed by atoms with Crippen LogP contribution in [0.3, 0.4) is 0 Å². The molecule has 0 saturated carbocycles. The molecule has 0 aromatic heterocycles. The van der Waals surface area contributed by atoms with Gasteiger partial charge in [-0.15, -0.1) is 0 Å². The van der Waals surface area contributed by atoms with Crippen molar-refractivity contribution in [1.29, 1.82) is 0 Å². The Labute approximate surface area is 331 Å². The summed E-state index contributed by atoms with van der Waals surface area (Å²) >= 11 is 0. The van der Waals surface area contributed by atoms with Crippen LogP contribution in [0, 0.1) is 5.82 Å². The van der Waals surface area contributed by atoms with Crippen molar-refractivity contribution < 1.29 is 78.4 Å². The zero-order valence-corrected chi connectivity index (χ0v) is 31.4. The van der Waals surface area contributed by atoms with Crippen molar-refractivity contribution >= 4 is 23.8 Å². The van der Waals surface area contributed by atoms with Crippen molar-refractivity contribution in [2.75, 3.05) is 32.7 Å². The molecule has 0 spiro atoms. The van der Waals surface area contributed by atoms with Crippen molar-refractivity contribution in [1.82, 2.24) is 20.4 Å². The largest absolute Gasteiger partial charge is 0.490 e. The number of benzene rings is 3. The number of carbonyl (C=O) groups excluding carboxylic acids is 1. The van der Waals surface area contributed by atoms with Crippen molar-refractivity contribution in [2.24, 2.45) is 0 Å². The SMILES string of the molecule is C[C@H]1CN(Cc2cccc(-c3cc(CNC(=O)c4cccc(CN5CCCCC5)c4)ccc3F)c2)CCN1.O=C(O)C(F)(F)F.O=C(O)C(F)(F)F.O=C(O)C(F)(F)F.